The highest BCUT2D eigenvalue weighted by molar-refractivity contribution is 5.80. The second kappa shape index (κ2) is 13.8. The van der Waals surface area contributed by atoms with Crippen molar-refractivity contribution in [1.82, 2.24) is 14.5 Å². The Hall–Kier alpha value is -2.60. The molecule has 0 radical (unpaired) electrons. The third-order valence-electron chi connectivity index (χ3n) is 5.62. The summed E-state index contributed by atoms with van der Waals surface area (Å²) in [6.07, 6.45) is 6.94. The Morgan fingerprint density at radius 3 is 2.33 bits per heavy atom. The van der Waals surface area contributed by atoms with Gasteiger partial charge in [-0.05, 0) is 80.8 Å². The number of carbonyl (C=O) groups excluding carboxylic acids is 1. The van der Waals surface area contributed by atoms with E-state index >= 15 is 0 Å². The lowest BCUT2D eigenvalue weighted by Gasteiger charge is -2.19. The number of benzene rings is 1. The van der Waals surface area contributed by atoms with E-state index in [4.69, 9.17) is 15.1 Å². The van der Waals surface area contributed by atoms with Gasteiger partial charge in [0.1, 0.15) is 0 Å². The number of nitrogens with zero attached hydrogens (tertiary/aromatic N) is 3. The first-order chi connectivity index (χ1) is 15.8. The van der Waals surface area contributed by atoms with E-state index in [2.05, 4.69) is 57.4 Å². The Labute approximate surface area is 199 Å². The number of imidazole rings is 1. The van der Waals surface area contributed by atoms with Gasteiger partial charge >= 0.3 is 0 Å². The number of amides is 1. The van der Waals surface area contributed by atoms with E-state index < -0.39 is 0 Å². The van der Waals surface area contributed by atoms with Crippen molar-refractivity contribution in [2.75, 3.05) is 19.6 Å². The minimum atomic E-state index is 0.682. The van der Waals surface area contributed by atoms with Crippen LogP contribution in [-0.2, 0) is 11.3 Å². The molecule has 0 bridgehead atoms. The lowest BCUT2D eigenvalue weighted by Crippen LogP contribution is -2.26. The van der Waals surface area contributed by atoms with E-state index in [-0.39, 0.29) is 0 Å². The predicted molar refractivity (Wildman–Crippen MR) is 137 cm³/mol. The Bertz CT molecular complexity index is 933. The number of carbonyl (C=O) groups is 1. The zero-order chi connectivity index (χ0) is 24.2. The van der Waals surface area contributed by atoms with Crippen LogP contribution < -0.4 is 5.73 Å². The van der Waals surface area contributed by atoms with Crippen molar-refractivity contribution < 1.29 is 9.21 Å². The highest BCUT2D eigenvalue weighted by atomic mass is 16.3. The standard InChI is InChI=1S/C16H19N3O.C11H23NO/c1-12-6-7-13-14(11-12)19(9-3-2-8-17)16(18-13)15-5-4-10-20-15;1-10(2)5-7-12(9-13)8-6-11(3)4/h4-7,10-11H,2-3,8-9,17H2,1H3;9-11H,5-8H2,1-4H3. The number of furan rings is 1. The summed E-state index contributed by atoms with van der Waals surface area (Å²) in [6.45, 7) is 14.3. The summed E-state index contributed by atoms with van der Waals surface area (Å²) in [5.41, 5.74) is 9.00. The summed E-state index contributed by atoms with van der Waals surface area (Å²) in [6, 6.07) is 10.2. The van der Waals surface area contributed by atoms with Crippen molar-refractivity contribution in [3.63, 3.8) is 0 Å². The molecule has 6 heteroatoms. The highest BCUT2D eigenvalue weighted by Gasteiger charge is 2.14. The number of hydrogen-bond donors (Lipinski definition) is 1. The minimum absolute atomic E-state index is 0.682. The van der Waals surface area contributed by atoms with Crippen LogP contribution in [0.5, 0.6) is 0 Å². The van der Waals surface area contributed by atoms with E-state index in [1.165, 1.54) is 5.56 Å². The van der Waals surface area contributed by atoms with Crippen molar-refractivity contribution >= 4 is 17.4 Å². The molecule has 1 aromatic carbocycles. The number of nitrogens with two attached hydrogens (primary N) is 1. The van der Waals surface area contributed by atoms with E-state index in [1.54, 1.807) is 6.26 Å². The van der Waals surface area contributed by atoms with Crippen LogP contribution >= 0.6 is 0 Å². The van der Waals surface area contributed by atoms with Crippen LogP contribution in [0, 0.1) is 18.8 Å². The Kier molecular flexibility index (Phi) is 11.2. The second-order valence-corrected chi connectivity index (χ2v) is 9.56. The average molecular weight is 455 g/mol. The molecule has 0 aliphatic carbocycles. The smallest absolute Gasteiger partial charge is 0.209 e. The molecule has 1 amide bonds. The molecule has 3 aromatic rings. The molecule has 182 valence electrons. The lowest BCUT2D eigenvalue weighted by molar-refractivity contribution is -0.118. The molecule has 0 aliphatic heterocycles. The fraction of sp³-hybridized carbons (Fsp3) is 0.556. The first-order valence-electron chi connectivity index (χ1n) is 12.3. The maximum absolute atomic E-state index is 10.7. The summed E-state index contributed by atoms with van der Waals surface area (Å²) >= 11 is 0. The molecular formula is C27H42N4O2. The fourth-order valence-corrected chi connectivity index (χ4v) is 3.53. The lowest BCUT2D eigenvalue weighted by atomic mass is 10.1. The van der Waals surface area contributed by atoms with E-state index in [0.29, 0.717) is 11.8 Å². The summed E-state index contributed by atoms with van der Waals surface area (Å²) in [5.74, 6) is 3.07. The molecule has 0 fully saturated rings. The zero-order valence-corrected chi connectivity index (χ0v) is 21.1. The first kappa shape index (κ1) is 26.7. The molecule has 2 heterocycles. The van der Waals surface area contributed by atoms with Gasteiger partial charge in [-0.15, -0.1) is 0 Å². The monoisotopic (exact) mass is 454 g/mol. The molecule has 2 N–H and O–H groups in total. The molecule has 0 unspecified atom stereocenters. The number of unbranched alkanes of at least 4 members (excludes halogenated alkanes) is 1. The molecule has 0 spiro atoms. The third kappa shape index (κ3) is 8.69. The van der Waals surface area contributed by atoms with Crippen LogP contribution in [-0.4, -0.2) is 40.5 Å². The number of fused-ring (bicyclic) bond motifs is 1. The van der Waals surface area contributed by atoms with Crippen LogP contribution in [0.2, 0.25) is 0 Å². The Morgan fingerprint density at radius 2 is 1.79 bits per heavy atom. The number of aryl methyl sites for hydroxylation is 2. The van der Waals surface area contributed by atoms with Gasteiger partial charge in [-0.3, -0.25) is 4.79 Å². The van der Waals surface area contributed by atoms with Crippen LogP contribution in [0.1, 0.15) is 58.9 Å². The quantitative estimate of drug-likeness (QED) is 0.274. The molecule has 33 heavy (non-hydrogen) atoms. The Balaban J connectivity index is 0.000000260. The molecule has 0 saturated carbocycles. The largest absolute Gasteiger partial charge is 0.461 e. The van der Waals surface area contributed by atoms with E-state index in [1.807, 2.05) is 17.0 Å². The van der Waals surface area contributed by atoms with Gasteiger partial charge < -0.3 is 19.6 Å². The van der Waals surface area contributed by atoms with Gasteiger partial charge in [0.2, 0.25) is 6.41 Å². The van der Waals surface area contributed by atoms with Gasteiger partial charge in [0.15, 0.2) is 11.6 Å². The molecule has 0 atom stereocenters. The van der Waals surface area contributed by atoms with Crippen LogP contribution in [0.4, 0.5) is 0 Å². The van der Waals surface area contributed by atoms with Crippen molar-refractivity contribution in [1.29, 1.82) is 0 Å². The SMILES string of the molecule is CC(C)CCN(C=O)CCC(C)C.Cc1ccc2nc(-c3ccco3)n(CCCCN)c2c1. The number of hydrogen-bond acceptors (Lipinski definition) is 4. The predicted octanol–water partition coefficient (Wildman–Crippen LogP) is 5.88. The summed E-state index contributed by atoms with van der Waals surface area (Å²) in [7, 11) is 0. The van der Waals surface area contributed by atoms with Crippen molar-refractivity contribution in [3.05, 3.63) is 42.2 Å². The first-order valence-corrected chi connectivity index (χ1v) is 12.3. The summed E-state index contributed by atoms with van der Waals surface area (Å²) in [5, 5.41) is 0. The third-order valence-corrected chi connectivity index (χ3v) is 5.62. The summed E-state index contributed by atoms with van der Waals surface area (Å²) < 4.78 is 7.75. The maximum Gasteiger partial charge on any atom is 0.209 e. The second-order valence-electron chi connectivity index (χ2n) is 9.56. The molecule has 6 nitrogen and oxygen atoms in total. The van der Waals surface area contributed by atoms with Crippen LogP contribution in [0.15, 0.2) is 41.0 Å². The molecule has 3 rings (SSSR count). The number of aromatic nitrogens is 2. The van der Waals surface area contributed by atoms with Crippen molar-refractivity contribution in [2.45, 2.75) is 66.8 Å². The molecular weight excluding hydrogens is 412 g/mol. The Morgan fingerprint density at radius 1 is 1.09 bits per heavy atom. The van der Waals surface area contributed by atoms with Gasteiger partial charge in [0, 0.05) is 19.6 Å². The minimum Gasteiger partial charge on any atom is -0.461 e. The van der Waals surface area contributed by atoms with Gasteiger partial charge in [-0.25, -0.2) is 4.98 Å². The van der Waals surface area contributed by atoms with Gasteiger partial charge in [-0.1, -0.05) is 33.8 Å². The maximum atomic E-state index is 10.7. The van der Waals surface area contributed by atoms with Gasteiger partial charge in [0.05, 0.1) is 17.3 Å². The van der Waals surface area contributed by atoms with Crippen molar-refractivity contribution in [3.8, 4) is 11.6 Å². The zero-order valence-electron chi connectivity index (χ0n) is 21.1. The van der Waals surface area contributed by atoms with Gasteiger partial charge in [0.25, 0.3) is 0 Å². The summed E-state index contributed by atoms with van der Waals surface area (Å²) in [4.78, 5) is 17.3. The molecule has 0 aliphatic rings. The highest BCUT2D eigenvalue weighted by Crippen LogP contribution is 2.26. The fourth-order valence-electron chi connectivity index (χ4n) is 3.53. The van der Waals surface area contributed by atoms with Crippen molar-refractivity contribution in [2.24, 2.45) is 17.6 Å². The normalized spacial score (nSPS) is 11.2. The van der Waals surface area contributed by atoms with E-state index in [9.17, 15) is 4.79 Å². The molecule has 2 aromatic heterocycles. The average Bonchev–Trinajstić information content (AvgIpc) is 3.42. The van der Waals surface area contributed by atoms with Crippen LogP contribution in [0.3, 0.4) is 0 Å². The van der Waals surface area contributed by atoms with Gasteiger partial charge in [-0.2, -0.15) is 0 Å². The van der Waals surface area contributed by atoms with E-state index in [0.717, 1.165) is 80.9 Å². The topological polar surface area (TPSA) is 77.3 Å². The molecule has 0 saturated heterocycles. The number of rotatable bonds is 12. The van der Waals surface area contributed by atoms with Crippen LogP contribution in [0.25, 0.3) is 22.6 Å².